The van der Waals surface area contributed by atoms with Crippen LogP contribution < -0.4 is 5.32 Å². The van der Waals surface area contributed by atoms with Crippen LogP contribution in [0.25, 0.3) is 22.4 Å². The number of hydrogen-bond acceptors (Lipinski definition) is 3. The molecule has 1 saturated heterocycles. The molecule has 0 atom stereocenters. The molecule has 142 valence electrons. The molecule has 4 heteroatoms. The molecule has 0 unspecified atom stereocenters. The van der Waals surface area contributed by atoms with Gasteiger partial charge in [-0.25, -0.2) is 4.98 Å². The molecule has 1 aliphatic heterocycles. The zero-order chi connectivity index (χ0) is 19.3. The summed E-state index contributed by atoms with van der Waals surface area (Å²) in [7, 11) is 0. The van der Waals surface area contributed by atoms with E-state index in [1.807, 2.05) is 36.4 Å². The first-order valence-corrected chi connectivity index (χ1v) is 9.72. The van der Waals surface area contributed by atoms with Gasteiger partial charge in [-0.05, 0) is 43.0 Å². The first kappa shape index (κ1) is 18.4. The number of aryl methyl sites for hydroxylation is 1. The van der Waals surface area contributed by atoms with Crippen molar-refractivity contribution in [2.24, 2.45) is 5.92 Å². The summed E-state index contributed by atoms with van der Waals surface area (Å²) in [6, 6.07) is 22.5. The Bertz CT molecular complexity index is 946. The third-order valence-electron chi connectivity index (χ3n) is 5.12. The minimum absolute atomic E-state index is 0.0150. The number of amides is 1. The molecular weight excluding hydrogens is 348 g/mol. The van der Waals surface area contributed by atoms with Crippen LogP contribution in [-0.4, -0.2) is 24.1 Å². The lowest BCUT2D eigenvalue weighted by atomic mass is 9.99. The van der Waals surface area contributed by atoms with Crippen molar-refractivity contribution in [3.8, 4) is 22.4 Å². The van der Waals surface area contributed by atoms with Gasteiger partial charge in [0, 0.05) is 24.7 Å². The molecule has 3 aromatic rings. The minimum atomic E-state index is -0.0150. The van der Waals surface area contributed by atoms with Gasteiger partial charge in [-0.2, -0.15) is 0 Å². The van der Waals surface area contributed by atoms with Gasteiger partial charge in [-0.1, -0.05) is 60.2 Å². The zero-order valence-electron chi connectivity index (χ0n) is 16.0. The van der Waals surface area contributed by atoms with Crippen molar-refractivity contribution in [2.75, 3.05) is 18.5 Å². The summed E-state index contributed by atoms with van der Waals surface area (Å²) in [6.45, 7) is 3.36. The quantitative estimate of drug-likeness (QED) is 0.694. The van der Waals surface area contributed by atoms with Crippen LogP contribution in [0.4, 0.5) is 5.82 Å². The molecule has 1 aromatic heterocycles. The molecule has 0 saturated carbocycles. The van der Waals surface area contributed by atoms with E-state index in [1.165, 1.54) is 5.56 Å². The molecule has 1 amide bonds. The Hall–Kier alpha value is -2.98. The molecule has 1 aliphatic rings. The molecule has 2 heterocycles. The SMILES string of the molecule is Cc1ccc(-c2cc(NC(=O)C3CCOCC3)nc(-c3ccccc3)c2)cc1. The fourth-order valence-electron chi connectivity index (χ4n) is 3.45. The number of anilines is 1. The number of pyridine rings is 1. The fourth-order valence-corrected chi connectivity index (χ4v) is 3.45. The van der Waals surface area contributed by atoms with Gasteiger partial charge < -0.3 is 10.1 Å². The number of nitrogens with one attached hydrogen (secondary N) is 1. The molecule has 0 bridgehead atoms. The summed E-state index contributed by atoms with van der Waals surface area (Å²) < 4.78 is 5.37. The van der Waals surface area contributed by atoms with Gasteiger partial charge >= 0.3 is 0 Å². The van der Waals surface area contributed by atoms with Crippen molar-refractivity contribution in [1.82, 2.24) is 4.98 Å². The Kier molecular flexibility index (Phi) is 5.49. The molecule has 4 nitrogen and oxygen atoms in total. The highest BCUT2D eigenvalue weighted by atomic mass is 16.5. The highest BCUT2D eigenvalue weighted by Gasteiger charge is 2.22. The Balaban J connectivity index is 1.69. The predicted octanol–water partition coefficient (Wildman–Crippen LogP) is 5.09. The lowest BCUT2D eigenvalue weighted by Gasteiger charge is -2.21. The number of ether oxygens (including phenoxy) is 1. The molecule has 1 N–H and O–H groups in total. The van der Waals surface area contributed by atoms with Crippen LogP contribution >= 0.6 is 0 Å². The van der Waals surface area contributed by atoms with E-state index in [1.54, 1.807) is 0 Å². The van der Waals surface area contributed by atoms with Crippen LogP contribution in [0.2, 0.25) is 0 Å². The van der Waals surface area contributed by atoms with Crippen LogP contribution in [-0.2, 0) is 9.53 Å². The number of hydrogen-bond donors (Lipinski definition) is 1. The maximum atomic E-state index is 12.7. The standard InChI is InChI=1S/C24H24N2O2/c1-17-7-9-18(10-8-17)21-15-22(19-5-3-2-4-6-19)25-23(16-21)26-24(27)20-11-13-28-14-12-20/h2-10,15-16,20H,11-14H2,1H3,(H,25,26,27). The van der Waals surface area contributed by atoms with Gasteiger partial charge in [0.15, 0.2) is 0 Å². The maximum Gasteiger partial charge on any atom is 0.228 e. The molecule has 28 heavy (non-hydrogen) atoms. The van der Waals surface area contributed by atoms with Crippen molar-refractivity contribution in [1.29, 1.82) is 0 Å². The zero-order valence-corrected chi connectivity index (χ0v) is 16.0. The van der Waals surface area contributed by atoms with E-state index in [2.05, 4.69) is 42.6 Å². The number of carbonyl (C=O) groups excluding carboxylic acids is 1. The lowest BCUT2D eigenvalue weighted by Crippen LogP contribution is -2.28. The molecule has 2 aromatic carbocycles. The number of nitrogens with zero attached hydrogens (tertiary/aromatic N) is 1. The van der Waals surface area contributed by atoms with Gasteiger partial charge in [0.2, 0.25) is 5.91 Å². The summed E-state index contributed by atoms with van der Waals surface area (Å²) in [4.78, 5) is 17.4. The maximum absolute atomic E-state index is 12.7. The molecule has 0 radical (unpaired) electrons. The van der Waals surface area contributed by atoms with E-state index in [0.717, 1.165) is 35.2 Å². The number of aromatic nitrogens is 1. The average molecular weight is 372 g/mol. The van der Waals surface area contributed by atoms with Crippen LogP contribution in [0.5, 0.6) is 0 Å². The smallest absolute Gasteiger partial charge is 0.228 e. The first-order chi connectivity index (χ1) is 13.7. The second-order valence-electron chi connectivity index (χ2n) is 7.23. The van der Waals surface area contributed by atoms with Gasteiger partial charge in [-0.15, -0.1) is 0 Å². The van der Waals surface area contributed by atoms with Crippen LogP contribution in [0, 0.1) is 12.8 Å². The van der Waals surface area contributed by atoms with Gasteiger partial charge in [0.05, 0.1) is 5.69 Å². The Morgan fingerprint density at radius 2 is 1.64 bits per heavy atom. The summed E-state index contributed by atoms with van der Waals surface area (Å²) in [5.74, 6) is 0.600. The Labute approximate surface area is 165 Å². The van der Waals surface area contributed by atoms with Crippen molar-refractivity contribution >= 4 is 11.7 Å². The predicted molar refractivity (Wildman–Crippen MR) is 112 cm³/mol. The van der Waals surface area contributed by atoms with Crippen LogP contribution in [0.1, 0.15) is 18.4 Å². The normalized spacial score (nSPS) is 14.6. The lowest BCUT2D eigenvalue weighted by molar-refractivity contribution is -0.122. The Morgan fingerprint density at radius 3 is 2.36 bits per heavy atom. The number of rotatable bonds is 4. The summed E-state index contributed by atoms with van der Waals surface area (Å²) in [5.41, 5.74) is 5.23. The van der Waals surface area contributed by atoms with E-state index in [0.29, 0.717) is 19.0 Å². The molecular formula is C24H24N2O2. The molecule has 4 rings (SSSR count). The number of benzene rings is 2. The highest BCUT2D eigenvalue weighted by Crippen LogP contribution is 2.28. The molecule has 0 spiro atoms. The Morgan fingerprint density at radius 1 is 0.929 bits per heavy atom. The second-order valence-corrected chi connectivity index (χ2v) is 7.23. The fraction of sp³-hybridized carbons (Fsp3) is 0.250. The third kappa shape index (κ3) is 4.29. The minimum Gasteiger partial charge on any atom is -0.381 e. The largest absolute Gasteiger partial charge is 0.381 e. The van der Waals surface area contributed by atoms with E-state index >= 15 is 0 Å². The van der Waals surface area contributed by atoms with Crippen molar-refractivity contribution < 1.29 is 9.53 Å². The van der Waals surface area contributed by atoms with E-state index in [-0.39, 0.29) is 11.8 Å². The van der Waals surface area contributed by atoms with Crippen molar-refractivity contribution in [2.45, 2.75) is 19.8 Å². The summed E-state index contributed by atoms with van der Waals surface area (Å²) >= 11 is 0. The topological polar surface area (TPSA) is 51.2 Å². The van der Waals surface area contributed by atoms with E-state index in [4.69, 9.17) is 9.72 Å². The summed E-state index contributed by atoms with van der Waals surface area (Å²) in [6.07, 6.45) is 1.52. The van der Waals surface area contributed by atoms with Gasteiger partial charge in [0.25, 0.3) is 0 Å². The second kappa shape index (κ2) is 8.36. The number of carbonyl (C=O) groups is 1. The third-order valence-corrected chi connectivity index (χ3v) is 5.12. The van der Waals surface area contributed by atoms with E-state index in [9.17, 15) is 4.79 Å². The monoisotopic (exact) mass is 372 g/mol. The van der Waals surface area contributed by atoms with E-state index < -0.39 is 0 Å². The molecule has 0 aliphatic carbocycles. The first-order valence-electron chi connectivity index (χ1n) is 9.72. The van der Waals surface area contributed by atoms with Gasteiger partial charge in [0.1, 0.15) is 5.82 Å². The van der Waals surface area contributed by atoms with Crippen molar-refractivity contribution in [3.05, 3.63) is 72.3 Å². The van der Waals surface area contributed by atoms with Crippen molar-refractivity contribution in [3.63, 3.8) is 0 Å². The van der Waals surface area contributed by atoms with Gasteiger partial charge in [-0.3, -0.25) is 4.79 Å². The van der Waals surface area contributed by atoms with Crippen LogP contribution in [0.3, 0.4) is 0 Å². The highest BCUT2D eigenvalue weighted by molar-refractivity contribution is 5.92. The van der Waals surface area contributed by atoms with Crippen LogP contribution in [0.15, 0.2) is 66.7 Å². The summed E-state index contributed by atoms with van der Waals surface area (Å²) in [5, 5.41) is 3.04. The average Bonchev–Trinajstić information content (AvgIpc) is 2.75. The molecule has 1 fully saturated rings.